The minimum absolute atomic E-state index is 0.131. The summed E-state index contributed by atoms with van der Waals surface area (Å²) in [5.41, 5.74) is 8.93. The number of halogens is 1. The number of piperidine rings is 1. The molecule has 2 aromatic carbocycles. The molecule has 1 aliphatic rings. The van der Waals surface area contributed by atoms with Crippen molar-refractivity contribution in [2.75, 3.05) is 13.7 Å². The molecule has 1 fully saturated rings. The van der Waals surface area contributed by atoms with E-state index in [1.165, 1.54) is 13.2 Å². The van der Waals surface area contributed by atoms with Crippen molar-refractivity contribution in [3.63, 3.8) is 0 Å². The molecule has 10 heteroatoms. The summed E-state index contributed by atoms with van der Waals surface area (Å²) in [4.78, 5) is 31.2. The zero-order valence-electron chi connectivity index (χ0n) is 20.3. The molecule has 0 spiro atoms. The van der Waals surface area contributed by atoms with Gasteiger partial charge in [0.1, 0.15) is 17.3 Å². The normalized spacial score (nSPS) is 18.0. The van der Waals surface area contributed by atoms with Gasteiger partial charge in [0.05, 0.1) is 18.7 Å². The highest BCUT2D eigenvalue weighted by molar-refractivity contribution is 6.01. The molecule has 9 nitrogen and oxygen atoms in total. The van der Waals surface area contributed by atoms with Crippen molar-refractivity contribution in [1.82, 2.24) is 25.4 Å². The summed E-state index contributed by atoms with van der Waals surface area (Å²) in [6.45, 7) is 0.471. The summed E-state index contributed by atoms with van der Waals surface area (Å²) in [5, 5.41) is 11.3. The summed E-state index contributed by atoms with van der Waals surface area (Å²) in [6.07, 6.45) is 4.40. The first kappa shape index (κ1) is 24.4. The molecule has 0 aliphatic carbocycles. The number of nitrogens with two attached hydrogens (primary N) is 1. The van der Waals surface area contributed by atoms with Gasteiger partial charge >= 0.3 is 0 Å². The van der Waals surface area contributed by atoms with Crippen LogP contribution in [0.4, 0.5) is 4.39 Å². The topological polar surface area (TPSA) is 126 Å². The van der Waals surface area contributed by atoms with Gasteiger partial charge in [0.25, 0.3) is 5.91 Å². The molecule has 2 atom stereocenters. The van der Waals surface area contributed by atoms with Crippen molar-refractivity contribution in [2.45, 2.75) is 31.5 Å². The molecule has 2 amide bonds. The molecule has 1 saturated heterocycles. The van der Waals surface area contributed by atoms with Crippen LogP contribution < -0.4 is 15.8 Å². The van der Waals surface area contributed by atoms with E-state index < -0.39 is 17.8 Å². The third kappa shape index (κ3) is 5.01. The van der Waals surface area contributed by atoms with Crippen LogP contribution in [-0.2, 0) is 11.3 Å². The third-order valence-electron chi connectivity index (χ3n) is 6.78. The largest absolute Gasteiger partial charge is 0.496 e. The number of ether oxygens (including phenoxy) is 1. The molecular weight excluding hydrogens is 475 g/mol. The quantitative estimate of drug-likeness (QED) is 0.357. The molecule has 0 saturated carbocycles. The van der Waals surface area contributed by atoms with E-state index in [1.807, 2.05) is 18.2 Å². The van der Waals surface area contributed by atoms with Gasteiger partial charge in [-0.3, -0.25) is 24.6 Å². The van der Waals surface area contributed by atoms with Crippen LogP contribution in [0.1, 0.15) is 28.8 Å². The van der Waals surface area contributed by atoms with Crippen LogP contribution in [0.5, 0.6) is 5.75 Å². The monoisotopic (exact) mass is 502 g/mol. The molecule has 2 aromatic heterocycles. The second-order valence-electron chi connectivity index (χ2n) is 9.08. The molecular formula is C27H27FN6O3. The van der Waals surface area contributed by atoms with Crippen molar-refractivity contribution in [3.05, 3.63) is 77.9 Å². The van der Waals surface area contributed by atoms with Crippen LogP contribution in [-0.4, -0.2) is 57.6 Å². The van der Waals surface area contributed by atoms with E-state index >= 15 is 0 Å². The SMILES string of the molecule is COc1cccc(F)c1CN1C[C@H](NC(=O)c2ccc3[nH]nc(-c4ccncc4)c3c2)CCC1C(N)=O. The molecule has 4 aromatic rings. The molecule has 190 valence electrons. The molecule has 1 aliphatic heterocycles. The molecule has 4 N–H and O–H groups in total. The van der Waals surface area contributed by atoms with Gasteiger partial charge in [0.2, 0.25) is 5.91 Å². The summed E-state index contributed by atoms with van der Waals surface area (Å²) in [7, 11) is 1.47. The van der Waals surface area contributed by atoms with Crippen LogP contribution in [0.25, 0.3) is 22.2 Å². The maximum atomic E-state index is 14.6. The van der Waals surface area contributed by atoms with Crippen LogP contribution in [0.15, 0.2) is 60.9 Å². The lowest BCUT2D eigenvalue weighted by Gasteiger charge is -2.38. The Kier molecular flexibility index (Phi) is 6.82. The predicted molar refractivity (Wildman–Crippen MR) is 136 cm³/mol. The number of likely N-dealkylation sites (tertiary alicyclic amines) is 1. The van der Waals surface area contributed by atoms with Crippen molar-refractivity contribution in [3.8, 4) is 17.0 Å². The minimum atomic E-state index is -0.567. The Morgan fingerprint density at radius 2 is 2.00 bits per heavy atom. The first-order valence-corrected chi connectivity index (χ1v) is 12.0. The number of nitrogens with zero attached hydrogens (tertiary/aromatic N) is 3. The number of benzene rings is 2. The van der Waals surface area contributed by atoms with Gasteiger partial charge in [0, 0.05) is 53.6 Å². The number of aromatic amines is 1. The Hall–Kier alpha value is -4.31. The highest BCUT2D eigenvalue weighted by atomic mass is 19.1. The van der Waals surface area contributed by atoms with Crippen LogP contribution in [0.2, 0.25) is 0 Å². The molecule has 3 heterocycles. The van der Waals surface area contributed by atoms with Gasteiger partial charge < -0.3 is 15.8 Å². The van der Waals surface area contributed by atoms with E-state index in [2.05, 4.69) is 20.5 Å². The van der Waals surface area contributed by atoms with E-state index in [-0.39, 0.29) is 18.5 Å². The number of rotatable bonds is 7. The Morgan fingerprint density at radius 3 is 2.76 bits per heavy atom. The number of aromatic nitrogens is 3. The van der Waals surface area contributed by atoms with E-state index in [1.54, 1.807) is 41.6 Å². The predicted octanol–water partition coefficient (Wildman–Crippen LogP) is 3.02. The number of pyridine rings is 1. The smallest absolute Gasteiger partial charge is 0.251 e. The maximum Gasteiger partial charge on any atom is 0.251 e. The van der Waals surface area contributed by atoms with Crippen molar-refractivity contribution in [1.29, 1.82) is 0 Å². The highest BCUT2D eigenvalue weighted by Crippen LogP contribution is 2.28. The van der Waals surface area contributed by atoms with Crippen LogP contribution >= 0.6 is 0 Å². The second kappa shape index (κ2) is 10.4. The Balaban J connectivity index is 1.35. The fourth-order valence-corrected chi connectivity index (χ4v) is 4.90. The fourth-order valence-electron chi connectivity index (χ4n) is 4.90. The van der Waals surface area contributed by atoms with E-state index in [9.17, 15) is 14.0 Å². The van der Waals surface area contributed by atoms with Gasteiger partial charge in [-0.2, -0.15) is 5.10 Å². The van der Waals surface area contributed by atoms with E-state index in [0.717, 1.165) is 22.2 Å². The third-order valence-corrected chi connectivity index (χ3v) is 6.78. The molecule has 37 heavy (non-hydrogen) atoms. The van der Waals surface area contributed by atoms with Crippen LogP contribution in [0.3, 0.4) is 0 Å². The first-order chi connectivity index (χ1) is 17.9. The maximum absolute atomic E-state index is 14.6. The number of methoxy groups -OCH3 is 1. The lowest BCUT2D eigenvalue weighted by Crippen LogP contribution is -2.55. The Labute approximate surface area is 212 Å². The van der Waals surface area contributed by atoms with Gasteiger partial charge in [-0.1, -0.05) is 6.07 Å². The Morgan fingerprint density at radius 1 is 1.19 bits per heavy atom. The Bertz CT molecular complexity index is 1440. The van der Waals surface area contributed by atoms with Crippen molar-refractivity contribution < 1.29 is 18.7 Å². The minimum Gasteiger partial charge on any atom is -0.496 e. The second-order valence-corrected chi connectivity index (χ2v) is 9.08. The number of carbonyl (C=O) groups excluding carboxylic acids is 2. The van der Waals surface area contributed by atoms with Crippen molar-refractivity contribution in [2.24, 2.45) is 5.73 Å². The molecule has 1 unspecified atom stereocenters. The first-order valence-electron chi connectivity index (χ1n) is 12.0. The number of primary amides is 1. The number of H-pyrrole nitrogens is 1. The fraction of sp³-hybridized carbons (Fsp3) is 0.259. The summed E-state index contributed by atoms with van der Waals surface area (Å²) >= 11 is 0. The van der Waals surface area contributed by atoms with E-state index in [0.29, 0.717) is 36.3 Å². The van der Waals surface area contributed by atoms with E-state index in [4.69, 9.17) is 10.5 Å². The number of nitrogens with one attached hydrogen (secondary N) is 2. The standard InChI is InChI=1S/C27H27FN6O3/c1-37-24-4-2-3-21(28)20(24)15-34-14-18(6-8-23(34)26(29)35)31-27(36)17-5-7-22-19(13-17)25(33-32-22)16-9-11-30-12-10-16/h2-5,7,9-13,18,23H,6,8,14-15H2,1H3,(H2,29,35)(H,31,36)(H,32,33)/t18-,23?/m1/s1. The van der Waals surface area contributed by atoms with Crippen molar-refractivity contribution >= 4 is 22.7 Å². The molecule has 5 rings (SSSR count). The highest BCUT2D eigenvalue weighted by Gasteiger charge is 2.33. The lowest BCUT2D eigenvalue weighted by atomic mass is 9.96. The number of hydrogen-bond acceptors (Lipinski definition) is 6. The number of amides is 2. The number of fused-ring (bicyclic) bond motifs is 1. The zero-order valence-corrected chi connectivity index (χ0v) is 20.3. The average Bonchev–Trinajstić information content (AvgIpc) is 3.33. The summed E-state index contributed by atoms with van der Waals surface area (Å²) in [6, 6.07) is 12.9. The van der Waals surface area contributed by atoms with Gasteiger partial charge in [0.15, 0.2) is 0 Å². The number of hydrogen-bond donors (Lipinski definition) is 3. The molecule has 0 radical (unpaired) electrons. The number of carbonyl (C=O) groups is 2. The summed E-state index contributed by atoms with van der Waals surface area (Å²) < 4.78 is 19.9. The van der Waals surface area contributed by atoms with Gasteiger partial charge in [-0.05, 0) is 55.3 Å². The lowest BCUT2D eigenvalue weighted by molar-refractivity contribution is -0.124. The van der Waals surface area contributed by atoms with Gasteiger partial charge in [-0.25, -0.2) is 4.39 Å². The van der Waals surface area contributed by atoms with Gasteiger partial charge in [-0.15, -0.1) is 0 Å². The zero-order chi connectivity index (χ0) is 25.9. The average molecular weight is 503 g/mol. The molecule has 0 bridgehead atoms. The van der Waals surface area contributed by atoms with Crippen LogP contribution in [0, 0.1) is 5.82 Å². The summed E-state index contributed by atoms with van der Waals surface area (Å²) in [5.74, 6) is -0.746.